The average molecular weight is 278 g/mol. The van der Waals surface area contributed by atoms with Crippen molar-refractivity contribution >= 4 is 17.1 Å². The zero-order valence-corrected chi connectivity index (χ0v) is 12.3. The van der Waals surface area contributed by atoms with E-state index in [1.54, 1.807) is 13.1 Å². The number of rotatable bonds is 4. The molecule has 0 atom stereocenters. The molecule has 6 nitrogen and oxygen atoms in total. The summed E-state index contributed by atoms with van der Waals surface area (Å²) in [7, 11) is 5.78. The first-order valence-electron chi connectivity index (χ1n) is 6.91. The molecule has 1 fully saturated rings. The fraction of sp³-hybridized carbons (Fsp3) is 0.571. The van der Waals surface area contributed by atoms with Crippen molar-refractivity contribution in [2.45, 2.75) is 18.9 Å². The third-order valence-corrected chi connectivity index (χ3v) is 4.08. The highest BCUT2D eigenvalue weighted by atomic mass is 16.6. The van der Waals surface area contributed by atoms with Crippen molar-refractivity contribution in [2.75, 3.05) is 44.4 Å². The molecule has 0 unspecified atom stereocenters. The largest absolute Gasteiger partial charge is 0.382 e. The summed E-state index contributed by atoms with van der Waals surface area (Å²) in [6.45, 7) is 2.07. The fourth-order valence-electron chi connectivity index (χ4n) is 2.79. The fourth-order valence-corrected chi connectivity index (χ4v) is 2.79. The highest BCUT2D eigenvalue weighted by Gasteiger charge is 2.27. The van der Waals surface area contributed by atoms with Gasteiger partial charge >= 0.3 is 5.69 Å². The molecule has 6 heteroatoms. The maximum absolute atomic E-state index is 11.4. The molecule has 1 heterocycles. The van der Waals surface area contributed by atoms with Crippen molar-refractivity contribution in [3.8, 4) is 0 Å². The lowest BCUT2D eigenvalue weighted by atomic mass is 10.0. The normalized spacial score (nSPS) is 16.9. The lowest BCUT2D eigenvalue weighted by Gasteiger charge is -2.36. The van der Waals surface area contributed by atoms with E-state index >= 15 is 0 Å². The van der Waals surface area contributed by atoms with Gasteiger partial charge in [-0.1, -0.05) is 6.07 Å². The molecule has 110 valence electrons. The van der Waals surface area contributed by atoms with Gasteiger partial charge in [0.25, 0.3) is 0 Å². The van der Waals surface area contributed by atoms with E-state index in [1.807, 2.05) is 19.2 Å². The molecule has 0 aromatic heterocycles. The summed E-state index contributed by atoms with van der Waals surface area (Å²) in [5.41, 5.74) is 1.42. The van der Waals surface area contributed by atoms with Crippen LogP contribution in [0.25, 0.3) is 0 Å². The van der Waals surface area contributed by atoms with Crippen molar-refractivity contribution in [3.05, 3.63) is 28.3 Å². The summed E-state index contributed by atoms with van der Waals surface area (Å²) in [4.78, 5) is 15.4. The molecule has 1 aromatic carbocycles. The molecule has 2 rings (SSSR count). The van der Waals surface area contributed by atoms with Gasteiger partial charge < -0.3 is 15.1 Å². The number of nitrogens with one attached hydrogen (secondary N) is 1. The third-order valence-electron chi connectivity index (χ3n) is 4.08. The Labute approximate surface area is 119 Å². The minimum Gasteiger partial charge on any atom is -0.382 e. The smallest absolute Gasteiger partial charge is 0.315 e. The number of nitro groups is 1. The minimum absolute atomic E-state index is 0.163. The molecular weight excluding hydrogens is 256 g/mol. The predicted octanol–water partition coefficient (Wildman–Crippen LogP) is 2.17. The Morgan fingerprint density at radius 3 is 2.60 bits per heavy atom. The molecule has 20 heavy (non-hydrogen) atoms. The van der Waals surface area contributed by atoms with Crippen molar-refractivity contribution in [3.63, 3.8) is 0 Å². The Morgan fingerprint density at radius 1 is 1.40 bits per heavy atom. The van der Waals surface area contributed by atoms with Crippen LogP contribution in [-0.4, -0.2) is 50.1 Å². The minimum atomic E-state index is -0.299. The number of benzene rings is 1. The van der Waals surface area contributed by atoms with Crippen molar-refractivity contribution < 1.29 is 4.92 Å². The van der Waals surface area contributed by atoms with E-state index in [2.05, 4.69) is 22.2 Å². The summed E-state index contributed by atoms with van der Waals surface area (Å²) < 4.78 is 0. The summed E-state index contributed by atoms with van der Waals surface area (Å²) >= 11 is 0. The summed E-state index contributed by atoms with van der Waals surface area (Å²) in [5, 5.41) is 14.3. The first-order valence-corrected chi connectivity index (χ1v) is 6.91. The molecule has 1 aromatic rings. The van der Waals surface area contributed by atoms with Gasteiger partial charge in [-0.05, 0) is 45.1 Å². The molecule has 0 spiro atoms. The molecule has 0 bridgehead atoms. The molecule has 0 saturated carbocycles. The van der Waals surface area contributed by atoms with Gasteiger partial charge in [-0.15, -0.1) is 0 Å². The van der Waals surface area contributed by atoms with Crippen molar-refractivity contribution in [1.82, 2.24) is 4.90 Å². The van der Waals surface area contributed by atoms with Crippen LogP contribution in [0.1, 0.15) is 12.8 Å². The summed E-state index contributed by atoms with van der Waals surface area (Å²) in [6.07, 6.45) is 2.07. The average Bonchev–Trinajstić information content (AvgIpc) is 2.46. The van der Waals surface area contributed by atoms with Crippen LogP contribution in [-0.2, 0) is 0 Å². The molecular formula is C14H22N4O2. The van der Waals surface area contributed by atoms with E-state index in [1.165, 1.54) is 0 Å². The van der Waals surface area contributed by atoms with Gasteiger partial charge in [-0.25, -0.2) is 0 Å². The third kappa shape index (κ3) is 2.85. The first kappa shape index (κ1) is 14.6. The van der Waals surface area contributed by atoms with Crippen molar-refractivity contribution in [2.24, 2.45) is 0 Å². The molecule has 1 aliphatic rings. The number of nitro benzene ring substituents is 1. The van der Waals surface area contributed by atoms with Gasteiger partial charge in [0.15, 0.2) is 0 Å². The van der Waals surface area contributed by atoms with Gasteiger partial charge in [-0.2, -0.15) is 0 Å². The van der Waals surface area contributed by atoms with Gasteiger partial charge in [-0.3, -0.25) is 10.1 Å². The molecule has 0 radical (unpaired) electrons. The zero-order valence-electron chi connectivity index (χ0n) is 12.3. The van der Waals surface area contributed by atoms with Crippen LogP contribution in [0.15, 0.2) is 18.2 Å². The molecule has 1 aliphatic heterocycles. The van der Waals surface area contributed by atoms with E-state index in [-0.39, 0.29) is 10.6 Å². The Balaban J connectivity index is 2.29. The standard InChI is InChI=1S/C14H22N4O2/c1-15-12-5-4-6-13(14(12)18(19)20)17(3)11-7-9-16(2)10-8-11/h4-6,11,15H,7-10H2,1-3H3. The quantitative estimate of drug-likeness (QED) is 0.675. The number of anilines is 2. The topological polar surface area (TPSA) is 61.6 Å². The Hall–Kier alpha value is -1.82. The molecule has 0 aliphatic carbocycles. The van der Waals surface area contributed by atoms with Gasteiger partial charge in [0, 0.05) is 20.1 Å². The van der Waals surface area contributed by atoms with Crippen LogP contribution in [0.5, 0.6) is 0 Å². The lowest BCUT2D eigenvalue weighted by Crippen LogP contribution is -2.42. The van der Waals surface area contributed by atoms with Gasteiger partial charge in [0.1, 0.15) is 11.4 Å². The number of piperidine rings is 1. The second-order valence-corrected chi connectivity index (χ2v) is 5.33. The second kappa shape index (κ2) is 6.09. The van der Waals surface area contributed by atoms with Crippen LogP contribution in [0.3, 0.4) is 0 Å². The van der Waals surface area contributed by atoms with E-state index in [0.717, 1.165) is 25.9 Å². The highest BCUT2D eigenvalue weighted by Crippen LogP contribution is 2.36. The first-order chi connectivity index (χ1) is 9.54. The molecule has 1 saturated heterocycles. The monoisotopic (exact) mass is 278 g/mol. The zero-order chi connectivity index (χ0) is 14.7. The van der Waals surface area contributed by atoms with Crippen LogP contribution < -0.4 is 10.2 Å². The maximum atomic E-state index is 11.4. The van der Waals surface area contributed by atoms with E-state index < -0.39 is 0 Å². The van der Waals surface area contributed by atoms with Crippen LogP contribution in [0, 0.1) is 10.1 Å². The Bertz CT molecular complexity index is 484. The Kier molecular flexibility index (Phi) is 4.44. The van der Waals surface area contributed by atoms with Gasteiger partial charge in [0.2, 0.25) is 0 Å². The van der Waals surface area contributed by atoms with Crippen LogP contribution >= 0.6 is 0 Å². The predicted molar refractivity (Wildman–Crippen MR) is 81.6 cm³/mol. The molecule has 1 N–H and O–H groups in total. The molecule has 0 amide bonds. The van der Waals surface area contributed by atoms with Gasteiger partial charge in [0.05, 0.1) is 4.92 Å². The van der Waals surface area contributed by atoms with Crippen LogP contribution in [0.4, 0.5) is 17.1 Å². The second-order valence-electron chi connectivity index (χ2n) is 5.33. The summed E-state index contributed by atoms with van der Waals surface area (Å²) in [6, 6.07) is 5.79. The van der Waals surface area contributed by atoms with Crippen molar-refractivity contribution in [1.29, 1.82) is 0 Å². The lowest BCUT2D eigenvalue weighted by molar-refractivity contribution is -0.383. The van der Waals surface area contributed by atoms with E-state index in [9.17, 15) is 10.1 Å². The summed E-state index contributed by atoms with van der Waals surface area (Å²) in [5.74, 6) is 0. The number of hydrogen-bond donors (Lipinski definition) is 1. The Morgan fingerprint density at radius 2 is 2.05 bits per heavy atom. The number of hydrogen-bond acceptors (Lipinski definition) is 5. The van der Waals surface area contributed by atoms with Crippen LogP contribution in [0.2, 0.25) is 0 Å². The highest BCUT2D eigenvalue weighted by molar-refractivity contribution is 5.77. The SMILES string of the molecule is CNc1cccc(N(C)C2CCN(C)CC2)c1[N+](=O)[O-]. The van der Waals surface area contributed by atoms with E-state index in [0.29, 0.717) is 17.4 Å². The van der Waals surface area contributed by atoms with E-state index in [4.69, 9.17) is 0 Å². The number of nitrogens with zero attached hydrogens (tertiary/aromatic N) is 3. The number of para-hydroxylation sites is 1. The number of likely N-dealkylation sites (tertiary alicyclic amines) is 1. The maximum Gasteiger partial charge on any atom is 0.315 e.